The first-order valence-electron chi connectivity index (χ1n) is 9.32. The quantitative estimate of drug-likeness (QED) is 0.622. The summed E-state index contributed by atoms with van der Waals surface area (Å²) in [6.07, 6.45) is 6.52. The molecule has 1 amide bonds. The summed E-state index contributed by atoms with van der Waals surface area (Å²) >= 11 is 0. The van der Waals surface area contributed by atoms with Gasteiger partial charge < -0.3 is 14.8 Å². The van der Waals surface area contributed by atoms with Crippen molar-refractivity contribution in [3.63, 3.8) is 0 Å². The van der Waals surface area contributed by atoms with Crippen LogP contribution in [0.2, 0.25) is 0 Å². The lowest BCUT2D eigenvalue weighted by molar-refractivity contribution is -0.150. The first-order chi connectivity index (χ1) is 13.0. The molecule has 1 N–H and O–H groups in total. The van der Waals surface area contributed by atoms with Gasteiger partial charge >= 0.3 is 5.97 Å². The van der Waals surface area contributed by atoms with E-state index in [2.05, 4.69) is 5.32 Å². The number of nitrogens with one attached hydrogen (secondary N) is 1. The molecule has 5 heteroatoms. The van der Waals surface area contributed by atoms with E-state index in [1.165, 1.54) is 6.08 Å². The molecular weight excluding hydrogens is 342 g/mol. The molecule has 2 aromatic rings. The number of hydrogen-bond acceptors (Lipinski definition) is 4. The molecule has 0 saturated heterocycles. The average Bonchev–Trinajstić information content (AvgIpc) is 3.18. The van der Waals surface area contributed by atoms with Crippen molar-refractivity contribution in [1.82, 2.24) is 5.32 Å². The third-order valence-electron chi connectivity index (χ3n) is 4.85. The van der Waals surface area contributed by atoms with E-state index in [4.69, 9.17) is 9.47 Å². The van der Waals surface area contributed by atoms with E-state index in [0.717, 1.165) is 47.8 Å². The van der Waals surface area contributed by atoms with Gasteiger partial charge in [0.2, 0.25) is 0 Å². The van der Waals surface area contributed by atoms with E-state index >= 15 is 0 Å². The SMILES string of the molecule is COc1ccc2cc(/C=C/C(=O)O[C@@H](C)C(=O)NC3CCCC3)ccc2c1. The molecule has 1 saturated carbocycles. The van der Waals surface area contributed by atoms with E-state index in [0.29, 0.717) is 0 Å². The summed E-state index contributed by atoms with van der Waals surface area (Å²) in [6.45, 7) is 1.60. The monoisotopic (exact) mass is 367 g/mol. The van der Waals surface area contributed by atoms with Gasteiger partial charge in [-0.25, -0.2) is 4.79 Å². The Hall–Kier alpha value is -2.82. The van der Waals surface area contributed by atoms with Gasteiger partial charge in [-0.05, 0) is 60.4 Å². The first kappa shape index (κ1) is 19.0. The molecule has 0 aromatic heterocycles. The third-order valence-corrected chi connectivity index (χ3v) is 4.85. The maximum absolute atomic E-state index is 12.1. The molecule has 27 heavy (non-hydrogen) atoms. The number of amides is 1. The molecule has 1 fully saturated rings. The predicted octanol–water partition coefficient (Wildman–Crippen LogP) is 3.85. The molecule has 0 aliphatic heterocycles. The maximum Gasteiger partial charge on any atom is 0.331 e. The van der Waals surface area contributed by atoms with E-state index in [1.54, 1.807) is 20.1 Å². The van der Waals surface area contributed by atoms with Gasteiger partial charge in [0, 0.05) is 12.1 Å². The van der Waals surface area contributed by atoms with Crippen LogP contribution in [0.25, 0.3) is 16.8 Å². The minimum absolute atomic E-state index is 0.213. The predicted molar refractivity (Wildman–Crippen MR) is 105 cm³/mol. The zero-order chi connectivity index (χ0) is 19.2. The van der Waals surface area contributed by atoms with Crippen molar-refractivity contribution in [2.45, 2.75) is 44.8 Å². The van der Waals surface area contributed by atoms with Gasteiger partial charge in [0.05, 0.1) is 7.11 Å². The molecule has 5 nitrogen and oxygen atoms in total. The fraction of sp³-hybridized carbons (Fsp3) is 0.364. The van der Waals surface area contributed by atoms with Crippen LogP contribution in [0.5, 0.6) is 5.75 Å². The number of carbonyl (C=O) groups is 2. The van der Waals surface area contributed by atoms with E-state index in [1.807, 2.05) is 36.4 Å². The number of ether oxygens (including phenoxy) is 2. The van der Waals surface area contributed by atoms with Gasteiger partial charge in [0.1, 0.15) is 5.75 Å². The molecule has 1 aliphatic carbocycles. The molecule has 0 radical (unpaired) electrons. The van der Waals surface area contributed by atoms with Crippen molar-refractivity contribution in [3.05, 3.63) is 48.0 Å². The molecule has 142 valence electrons. The number of rotatable bonds is 6. The van der Waals surface area contributed by atoms with E-state index in [-0.39, 0.29) is 11.9 Å². The van der Waals surface area contributed by atoms with Crippen molar-refractivity contribution in [1.29, 1.82) is 0 Å². The Kier molecular flexibility index (Phi) is 6.12. The summed E-state index contributed by atoms with van der Waals surface area (Å²) in [7, 11) is 1.64. The van der Waals surface area contributed by atoms with E-state index < -0.39 is 12.1 Å². The molecule has 3 rings (SSSR count). The number of methoxy groups -OCH3 is 1. The number of benzene rings is 2. The van der Waals surface area contributed by atoms with Gasteiger partial charge in [-0.2, -0.15) is 0 Å². The topological polar surface area (TPSA) is 64.6 Å². The summed E-state index contributed by atoms with van der Waals surface area (Å²) in [5.41, 5.74) is 0.882. The van der Waals surface area contributed by atoms with Crippen LogP contribution in [-0.2, 0) is 14.3 Å². The zero-order valence-electron chi connectivity index (χ0n) is 15.7. The van der Waals surface area contributed by atoms with Gasteiger partial charge in [0.25, 0.3) is 5.91 Å². The largest absolute Gasteiger partial charge is 0.497 e. The van der Waals surface area contributed by atoms with Crippen molar-refractivity contribution in [3.8, 4) is 5.75 Å². The van der Waals surface area contributed by atoms with Crippen LogP contribution in [0.15, 0.2) is 42.5 Å². The number of hydrogen-bond donors (Lipinski definition) is 1. The molecule has 0 bridgehead atoms. The molecule has 0 heterocycles. The van der Waals surface area contributed by atoms with Crippen LogP contribution in [-0.4, -0.2) is 31.1 Å². The van der Waals surface area contributed by atoms with Crippen LogP contribution in [0.3, 0.4) is 0 Å². The summed E-state index contributed by atoms with van der Waals surface area (Å²) < 4.78 is 10.4. The standard InChI is InChI=1S/C22H25NO4/c1-15(22(25)23-19-5-3-4-6-19)27-21(24)12-8-16-7-9-18-14-20(26-2)11-10-17(18)13-16/h7-15,19H,3-6H2,1-2H3,(H,23,25)/b12-8+/t15-/m0/s1. The number of fused-ring (bicyclic) bond motifs is 1. The van der Waals surface area contributed by atoms with Gasteiger partial charge in [-0.1, -0.05) is 31.0 Å². The second-order valence-electron chi connectivity index (χ2n) is 6.87. The smallest absolute Gasteiger partial charge is 0.331 e. The fourth-order valence-electron chi connectivity index (χ4n) is 3.29. The highest BCUT2D eigenvalue weighted by atomic mass is 16.5. The van der Waals surface area contributed by atoms with Crippen molar-refractivity contribution < 1.29 is 19.1 Å². The zero-order valence-corrected chi connectivity index (χ0v) is 15.7. The molecule has 1 aliphatic rings. The highest BCUT2D eigenvalue weighted by Gasteiger charge is 2.22. The van der Waals surface area contributed by atoms with Gasteiger partial charge in [-0.15, -0.1) is 0 Å². The van der Waals surface area contributed by atoms with Gasteiger partial charge in [-0.3, -0.25) is 4.79 Å². The molecular formula is C22H25NO4. The third kappa shape index (κ3) is 5.09. The van der Waals surface area contributed by atoms with Crippen LogP contribution in [0.1, 0.15) is 38.2 Å². The van der Waals surface area contributed by atoms with Crippen molar-refractivity contribution >= 4 is 28.7 Å². The highest BCUT2D eigenvalue weighted by Crippen LogP contribution is 2.22. The summed E-state index contributed by atoms with van der Waals surface area (Å²) in [4.78, 5) is 24.1. The van der Waals surface area contributed by atoms with Crippen LogP contribution >= 0.6 is 0 Å². The Balaban J connectivity index is 1.57. The fourth-order valence-corrected chi connectivity index (χ4v) is 3.29. The van der Waals surface area contributed by atoms with Crippen molar-refractivity contribution in [2.24, 2.45) is 0 Å². The highest BCUT2D eigenvalue weighted by molar-refractivity contribution is 5.92. The molecule has 2 aromatic carbocycles. The van der Waals surface area contributed by atoms with E-state index in [9.17, 15) is 9.59 Å². The van der Waals surface area contributed by atoms with Crippen LogP contribution in [0.4, 0.5) is 0 Å². The normalized spacial score (nSPS) is 15.8. The lowest BCUT2D eigenvalue weighted by Crippen LogP contribution is -2.40. The molecule has 1 atom stereocenters. The molecule has 0 spiro atoms. The Morgan fingerprint density at radius 1 is 1.11 bits per heavy atom. The minimum atomic E-state index is -0.799. The Labute approximate surface area is 159 Å². The lowest BCUT2D eigenvalue weighted by Gasteiger charge is -2.16. The second-order valence-corrected chi connectivity index (χ2v) is 6.87. The first-order valence-corrected chi connectivity index (χ1v) is 9.32. The second kappa shape index (κ2) is 8.71. The van der Waals surface area contributed by atoms with Crippen LogP contribution < -0.4 is 10.1 Å². The number of esters is 1. The Morgan fingerprint density at radius 2 is 1.81 bits per heavy atom. The summed E-state index contributed by atoms with van der Waals surface area (Å²) in [6, 6.07) is 11.9. The lowest BCUT2D eigenvalue weighted by atomic mass is 10.1. The van der Waals surface area contributed by atoms with Crippen LogP contribution in [0, 0.1) is 0 Å². The average molecular weight is 367 g/mol. The Morgan fingerprint density at radius 3 is 2.56 bits per heavy atom. The number of carbonyl (C=O) groups excluding carboxylic acids is 2. The summed E-state index contributed by atoms with van der Waals surface area (Å²) in [5.74, 6) is 0.0430. The molecule has 0 unspecified atom stereocenters. The van der Waals surface area contributed by atoms with Crippen molar-refractivity contribution in [2.75, 3.05) is 7.11 Å². The minimum Gasteiger partial charge on any atom is -0.497 e. The summed E-state index contributed by atoms with van der Waals surface area (Å²) in [5, 5.41) is 5.05. The Bertz CT molecular complexity index is 853. The van der Waals surface area contributed by atoms with Gasteiger partial charge in [0.15, 0.2) is 6.10 Å². The maximum atomic E-state index is 12.1.